The summed E-state index contributed by atoms with van der Waals surface area (Å²) in [4.78, 5) is 11.3. The zero-order valence-electron chi connectivity index (χ0n) is 6.78. The maximum Gasteiger partial charge on any atom is 0.231 e. The fraction of sp³-hybridized carbons (Fsp3) is 0.222. The number of hydrogen-bond donors (Lipinski definition) is 0. The number of rotatable bonds is 0. The lowest BCUT2D eigenvalue weighted by Gasteiger charge is -2.05. The molecule has 14 heavy (non-hydrogen) atoms. The molecule has 1 aromatic carbocycles. The summed E-state index contributed by atoms with van der Waals surface area (Å²) in [5.74, 6) is -3.46. The van der Waals surface area contributed by atoms with Crippen LogP contribution in [-0.2, 0) is 6.42 Å². The highest BCUT2D eigenvalue weighted by molar-refractivity contribution is 9.10. The predicted octanol–water partition coefficient (Wildman–Crippen LogP) is 2.76. The lowest BCUT2D eigenvalue weighted by Crippen LogP contribution is -2.22. The van der Waals surface area contributed by atoms with Crippen molar-refractivity contribution in [2.75, 3.05) is 0 Å². The van der Waals surface area contributed by atoms with Gasteiger partial charge in [0.1, 0.15) is 0 Å². The second kappa shape index (κ2) is 2.82. The Morgan fingerprint density at radius 2 is 2.00 bits per heavy atom. The zero-order valence-corrected chi connectivity index (χ0v) is 8.37. The van der Waals surface area contributed by atoms with Crippen molar-refractivity contribution < 1.29 is 18.0 Å². The summed E-state index contributed by atoms with van der Waals surface area (Å²) in [6.07, 6.45) is -0.266. The van der Waals surface area contributed by atoms with Crippen LogP contribution < -0.4 is 0 Å². The van der Waals surface area contributed by atoms with Gasteiger partial charge in [-0.15, -0.1) is 0 Å². The summed E-state index contributed by atoms with van der Waals surface area (Å²) in [5, 5.41) is 0. The van der Waals surface area contributed by atoms with E-state index < -0.39 is 27.6 Å². The Bertz CT molecular complexity index is 428. The minimum Gasteiger partial charge on any atom is -0.289 e. The summed E-state index contributed by atoms with van der Waals surface area (Å²) in [6, 6.07) is 2.10. The van der Waals surface area contributed by atoms with E-state index in [-0.39, 0.29) is 12.0 Å². The van der Waals surface area contributed by atoms with E-state index in [1.807, 2.05) is 0 Å². The van der Waals surface area contributed by atoms with Gasteiger partial charge in [0, 0.05) is 6.42 Å². The van der Waals surface area contributed by atoms with E-state index in [4.69, 9.17) is 0 Å². The van der Waals surface area contributed by atoms with Gasteiger partial charge in [-0.1, -0.05) is 6.07 Å². The van der Waals surface area contributed by atoms with Gasteiger partial charge in [0.25, 0.3) is 0 Å². The second-order valence-corrected chi connectivity index (χ2v) is 4.36. The van der Waals surface area contributed by atoms with E-state index in [9.17, 15) is 18.0 Å². The minimum atomic E-state index is -2.29. The molecule has 2 rings (SSSR count). The summed E-state index contributed by atoms with van der Waals surface area (Å²) >= 11 is 2.54. The van der Waals surface area contributed by atoms with Crippen LogP contribution in [0.2, 0.25) is 0 Å². The Kier molecular flexibility index (Phi) is 1.96. The van der Waals surface area contributed by atoms with Crippen molar-refractivity contribution >= 4 is 21.7 Å². The largest absolute Gasteiger partial charge is 0.289 e. The van der Waals surface area contributed by atoms with Crippen LogP contribution in [0.5, 0.6) is 0 Å². The van der Waals surface area contributed by atoms with Crippen molar-refractivity contribution in [3.05, 3.63) is 34.9 Å². The van der Waals surface area contributed by atoms with Crippen molar-refractivity contribution in [2.45, 2.75) is 11.0 Å². The quantitative estimate of drug-likeness (QED) is 0.659. The second-order valence-electron chi connectivity index (χ2n) is 3.11. The minimum absolute atomic E-state index is 0.188. The molecule has 0 N–H and O–H groups in total. The molecule has 74 valence electrons. The third-order valence-corrected chi connectivity index (χ3v) is 2.79. The fourth-order valence-corrected chi connectivity index (χ4v) is 1.99. The van der Waals surface area contributed by atoms with Gasteiger partial charge in [-0.2, -0.15) is 0 Å². The number of carbonyl (C=O) groups is 1. The molecule has 0 saturated carbocycles. The van der Waals surface area contributed by atoms with Crippen molar-refractivity contribution in [3.63, 3.8) is 0 Å². The number of hydrogen-bond acceptors (Lipinski definition) is 1. The molecule has 0 radical (unpaired) electrons. The van der Waals surface area contributed by atoms with Crippen LogP contribution in [0.25, 0.3) is 0 Å². The van der Waals surface area contributed by atoms with Gasteiger partial charge in [-0.05, 0) is 27.6 Å². The highest BCUT2D eigenvalue weighted by atomic mass is 79.9. The van der Waals surface area contributed by atoms with Gasteiger partial charge < -0.3 is 0 Å². The lowest BCUT2D eigenvalue weighted by atomic mass is 10.1. The highest BCUT2D eigenvalue weighted by Crippen LogP contribution is 2.39. The maximum atomic E-state index is 13.4. The number of carbonyl (C=O) groups excluding carboxylic acids is 1. The van der Waals surface area contributed by atoms with E-state index in [1.54, 1.807) is 0 Å². The van der Waals surface area contributed by atoms with E-state index >= 15 is 0 Å². The Labute approximate surface area is 86.0 Å². The molecule has 1 aliphatic rings. The van der Waals surface area contributed by atoms with E-state index in [1.165, 1.54) is 6.07 Å². The highest BCUT2D eigenvalue weighted by Gasteiger charge is 2.46. The van der Waals surface area contributed by atoms with Crippen molar-refractivity contribution in [1.82, 2.24) is 0 Å². The summed E-state index contributed by atoms with van der Waals surface area (Å²) in [5.41, 5.74) is -0.294. The Balaban J connectivity index is 2.67. The topological polar surface area (TPSA) is 17.1 Å². The van der Waals surface area contributed by atoms with Gasteiger partial charge in [0.05, 0.1) is 5.56 Å². The van der Waals surface area contributed by atoms with E-state index in [0.29, 0.717) is 0 Å². The molecule has 0 aliphatic heterocycles. The SMILES string of the molecule is O=C1c2c(ccc(F)c2F)CC1(F)Br. The smallest absolute Gasteiger partial charge is 0.231 e. The molecular weight excluding hydrogens is 261 g/mol. The van der Waals surface area contributed by atoms with Crippen LogP contribution in [-0.4, -0.2) is 10.4 Å². The number of benzene rings is 1. The maximum absolute atomic E-state index is 13.4. The Morgan fingerprint density at radius 1 is 1.36 bits per heavy atom. The molecule has 0 fully saturated rings. The van der Waals surface area contributed by atoms with E-state index in [2.05, 4.69) is 15.9 Å². The van der Waals surface area contributed by atoms with Gasteiger partial charge in [-0.3, -0.25) is 4.79 Å². The number of halogens is 4. The Hall–Kier alpha value is -0.840. The first-order valence-corrected chi connectivity index (χ1v) is 4.62. The number of fused-ring (bicyclic) bond motifs is 1. The Morgan fingerprint density at radius 3 is 2.64 bits per heavy atom. The van der Waals surface area contributed by atoms with Crippen LogP contribution in [0, 0.1) is 11.6 Å². The third-order valence-electron chi connectivity index (χ3n) is 2.15. The van der Waals surface area contributed by atoms with Crippen molar-refractivity contribution in [1.29, 1.82) is 0 Å². The molecule has 0 amide bonds. The van der Waals surface area contributed by atoms with Crippen LogP contribution in [0.1, 0.15) is 15.9 Å². The fourth-order valence-electron chi connectivity index (χ4n) is 1.49. The first-order valence-electron chi connectivity index (χ1n) is 3.83. The molecule has 1 nitrogen and oxygen atoms in total. The van der Waals surface area contributed by atoms with Gasteiger partial charge >= 0.3 is 0 Å². The average molecular weight is 265 g/mol. The van der Waals surface area contributed by atoms with Crippen molar-refractivity contribution in [3.8, 4) is 0 Å². The molecule has 1 unspecified atom stereocenters. The monoisotopic (exact) mass is 264 g/mol. The van der Waals surface area contributed by atoms with Crippen LogP contribution in [0.4, 0.5) is 13.2 Å². The van der Waals surface area contributed by atoms with Gasteiger partial charge in [0.2, 0.25) is 10.4 Å². The van der Waals surface area contributed by atoms with Crippen LogP contribution >= 0.6 is 15.9 Å². The molecule has 5 heteroatoms. The predicted molar refractivity (Wildman–Crippen MR) is 47.2 cm³/mol. The van der Waals surface area contributed by atoms with Crippen molar-refractivity contribution in [2.24, 2.45) is 0 Å². The summed E-state index contributed by atoms with van der Waals surface area (Å²) < 4.78 is 36.9. The molecule has 0 bridgehead atoms. The number of alkyl halides is 2. The van der Waals surface area contributed by atoms with Gasteiger partial charge in [0.15, 0.2) is 11.6 Å². The van der Waals surface area contributed by atoms with Crippen LogP contribution in [0.3, 0.4) is 0 Å². The molecule has 0 saturated heterocycles. The first-order chi connectivity index (χ1) is 6.43. The standard InChI is InChI=1S/C9H4BrF3O/c10-9(13)3-4-1-2-5(11)7(12)6(4)8(9)14/h1-2H,3H2. The molecule has 1 aliphatic carbocycles. The zero-order chi connectivity index (χ0) is 10.5. The molecule has 0 aromatic heterocycles. The molecule has 0 heterocycles. The molecule has 0 spiro atoms. The normalized spacial score (nSPS) is 25.3. The summed E-state index contributed by atoms with van der Waals surface area (Å²) in [7, 11) is 0. The van der Waals surface area contributed by atoms with Crippen LogP contribution in [0.15, 0.2) is 12.1 Å². The van der Waals surface area contributed by atoms with Gasteiger partial charge in [-0.25, -0.2) is 13.2 Å². The average Bonchev–Trinajstić information content (AvgIpc) is 2.32. The molecule has 1 atom stereocenters. The molecular formula is C9H4BrF3O. The number of Topliss-reactive ketones (excluding diaryl/α,β-unsaturated/α-hetero) is 1. The van der Waals surface area contributed by atoms with E-state index in [0.717, 1.165) is 6.07 Å². The first kappa shape index (κ1) is 9.71. The third kappa shape index (κ3) is 1.19. The molecule has 1 aromatic rings. The number of ketones is 1. The lowest BCUT2D eigenvalue weighted by molar-refractivity contribution is 0.0868. The summed E-state index contributed by atoms with van der Waals surface area (Å²) in [6.45, 7) is 0.